The second-order valence-electron chi connectivity index (χ2n) is 3.80. The zero-order valence-electron chi connectivity index (χ0n) is 8.03. The van der Waals surface area contributed by atoms with Gasteiger partial charge in [0, 0.05) is 12.0 Å². The summed E-state index contributed by atoms with van der Waals surface area (Å²) in [4.78, 5) is 11.5. The minimum Gasteiger partial charge on any atom is -0.456 e. The van der Waals surface area contributed by atoms with E-state index in [-0.39, 0.29) is 5.56 Å². The molecule has 2 heterocycles. The van der Waals surface area contributed by atoms with Crippen molar-refractivity contribution in [2.45, 2.75) is 25.0 Å². The van der Waals surface area contributed by atoms with Gasteiger partial charge in [0.05, 0.1) is 12.6 Å². The predicted molar refractivity (Wildman–Crippen MR) is 50.9 cm³/mol. The van der Waals surface area contributed by atoms with Gasteiger partial charge in [-0.15, -0.1) is 0 Å². The molecule has 3 rings (SSSR count). The van der Waals surface area contributed by atoms with Gasteiger partial charge >= 0.3 is 0 Å². The Balaban J connectivity index is 2.00. The van der Waals surface area contributed by atoms with Gasteiger partial charge in [-0.3, -0.25) is 4.79 Å². The molecule has 0 radical (unpaired) electrons. The SMILES string of the molecule is O=c1[nH]ncc2c1CCC1(C2)OC=CO1. The van der Waals surface area contributed by atoms with Crippen LogP contribution in [0.1, 0.15) is 17.5 Å². The third-order valence-corrected chi connectivity index (χ3v) is 2.89. The molecule has 2 aliphatic rings. The minimum absolute atomic E-state index is 0.103. The van der Waals surface area contributed by atoms with E-state index in [9.17, 15) is 4.79 Å². The molecule has 0 saturated carbocycles. The monoisotopic (exact) mass is 206 g/mol. The van der Waals surface area contributed by atoms with E-state index in [1.807, 2.05) is 0 Å². The number of hydrogen-bond acceptors (Lipinski definition) is 4. The summed E-state index contributed by atoms with van der Waals surface area (Å²) in [5.74, 6) is -0.595. The van der Waals surface area contributed by atoms with Gasteiger partial charge in [0.2, 0.25) is 0 Å². The highest BCUT2D eigenvalue weighted by atomic mass is 16.7. The number of hydrogen-bond donors (Lipinski definition) is 1. The fraction of sp³-hybridized carbons (Fsp3) is 0.400. The highest BCUT2D eigenvalue weighted by Gasteiger charge is 2.40. The molecule has 78 valence electrons. The first-order valence-electron chi connectivity index (χ1n) is 4.85. The maximum Gasteiger partial charge on any atom is 0.267 e. The van der Waals surface area contributed by atoms with Crippen LogP contribution in [-0.2, 0) is 22.3 Å². The van der Waals surface area contributed by atoms with E-state index in [0.29, 0.717) is 19.3 Å². The minimum atomic E-state index is -0.595. The molecule has 1 N–H and O–H groups in total. The Hall–Kier alpha value is -1.78. The molecule has 0 atom stereocenters. The lowest BCUT2D eigenvalue weighted by Gasteiger charge is -2.31. The summed E-state index contributed by atoms with van der Waals surface area (Å²) in [5, 5.41) is 6.22. The van der Waals surface area contributed by atoms with Crippen LogP contribution in [0.4, 0.5) is 0 Å². The lowest BCUT2D eigenvalue weighted by molar-refractivity contribution is -0.148. The number of aromatic nitrogens is 2. The highest BCUT2D eigenvalue weighted by Crippen LogP contribution is 2.33. The van der Waals surface area contributed by atoms with Gasteiger partial charge in [-0.25, -0.2) is 5.10 Å². The quantitative estimate of drug-likeness (QED) is 0.670. The molecular weight excluding hydrogens is 196 g/mol. The third-order valence-electron chi connectivity index (χ3n) is 2.89. The smallest absolute Gasteiger partial charge is 0.267 e. The Morgan fingerprint density at radius 3 is 3.00 bits per heavy atom. The molecule has 0 fully saturated rings. The van der Waals surface area contributed by atoms with Crippen molar-refractivity contribution >= 4 is 0 Å². The van der Waals surface area contributed by atoms with Crippen LogP contribution in [0, 0.1) is 0 Å². The number of nitrogens with zero attached hydrogens (tertiary/aromatic N) is 1. The van der Waals surface area contributed by atoms with Crippen molar-refractivity contribution in [3.8, 4) is 0 Å². The first-order valence-corrected chi connectivity index (χ1v) is 4.85. The van der Waals surface area contributed by atoms with Crippen molar-refractivity contribution in [1.82, 2.24) is 10.2 Å². The molecule has 1 spiro atoms. The summed E-state index contributed by atoms with van der Waals surface area (Å²) in [6.07, 6.45) is 6.70. The summed E-state index contributed by atoms with van der Waals surface area (Å²) in [7, 11) is 0. The van der Waals surface area contributed by atoms with E-state index in [0.717, 1.165) is 11.1 Å². The van der Waals surface area contributed by atoms with Crippen LogP contribution in [-0.4, -0.2) is 16.0 Å². The van der Waals surface area contributed by atoms with Gasteiger partial charge in [0.1, 0.15) is 12.5 Å². The van der Waals surface area contributed by atoms with Gasteiger partial charge < -0.3 is 9.47 Å². The zero-order chi connectivity index (χ0) is 10.3. The standard InChI is InChI=1S/C10H10N2O3/c13-9-8-1-2-10(14-3-4-15-10)5-7(8)6-11-12-9/h3-4,6H,1-2,5H2,(H,12,13). The molecule has 15 heavy (non-hydrogen) atoms. The van der Waals surface area contributed by atoms with Crippen LogP contribution in [0.2, 0.25) is 0 Å². The van der Waals surface area contributed by atoms with Crippen LogP contribution >= 0.6 is 0 Å². The molecule has 0 unspecified atom stereocenters. The number of aromatic amines is 1. The van der Waals surface area contributed by atoms with Gasteiger partial charge in [-0.1, -0.05) is 0 Å². The topological polar surface area (TPSA) is 64.2 Å². The lowest BCUT2D eigenvalue weighted by atomic mass is 9.89. The molecule has 0 saturated heterocycles. The third kappa shape index (κ3) is 1.23. The van der Waals surface area contributed by atoms with Crippen LogP contribution in [0.25, 0.3) is 0 Å². The predicted octanol–water partition coefficient (Wildman–Crippen LogP) is 0.473. The molecule has 5 heteroatoms. The molecule has 0 aromatic carbocycles. The summed E-state index contributed by atoms with van der Waals surface area (Å²) in [6.45, 7) is 0. The Labute approximate surface area is 85.7 Å². The summed E-state index contributed by atoms with van der Waals surface area (Å²) < 4.78 is 10.9. The van der Waals surface area contributed by atoms with Gasteiger partial charge in [-0.05, 0) is 12.0 Å². The fourth-order valence-corrected chi connectivity index (χ4v) is 2.11. The maximum atomic E-state index is 11.5. The first-order chi connectivity index (χ1) is 7.29. The molecule has 1 aromatic rings. The number of nitrogens with one attached hydrogen (secondary N) is 1. The Bertz CT molecular complexity index is 470. The molecular formula is C10H10N2O3. The number of rotatable bonds is 0. The highest BCUT2D eigenvalue weighted by molar-refractivity contribution is 5.26. The average molecular weight is 206 g/mol. The van der Waals surface area contributed by atoms with Crippen LogP contribution in [0.3, 0.4) is 0 Å². The fourth-order valence-electron chi connectivity index (χ4n) is 2.11. The van der Waals surface area contributed by atoms with Crippen LogP contribution < -0.4 is 5.56 Å². The van der Waals surface area contributed by atoms with E-state index in [1.54, 1.807) is 18.7 Å². The van der Waals surface area contributed by atoms with Crippen molar-refractivity contribution in [2.75, 3.05) is 0 Å². The number of H-pyrrole nitrogens is 1. The van der Waals surface area contributed by atoms with Gasteiger partial charge in [-0.2, -0.15) is 5.10 Å². The summed E-state index contributed by atoms with van der Waals surface area (Å²) in [5.41, 5.74) is 1.61. The molecule has 0 amide bonds. The second-order valence-corrected chi connectivity index (χ2v) is 3.80. The van der Waals surface area contributed by atoms with Gasteiger partial charge in [0.15, 0.2) is 0 Å². The van der Waals surface area contributed by atoms with E-state index < -0.39 is 5.79 Å². The number of fused-ring (bicyclic) bond motifs is 1. The zero-order valence-corrected chi connectivity index (χ0v) is 8.03. The number of ether oxygens (including phenoxy) is 2. The molecule has 5 nitrogen and oxygen atoms in total. The van der Waals surface area contributed by atoms with Gasteiger partial charge in [0.25, 0.3) is 11.3 Å². The normalized spacial score (nSPS) is 20.8. The lowest BCUT2D eigenvalue weighted by Crippen LogP contribution is -2.39. The van der Waals surface area contributed by atoms with Crippen molar-refractivity contribution in [2.24, 2.45) is 0 Å². The van der Waals surface area contributed by atoms with Crippen LogP contribution in [0.15, 0.2) is 23.5 Å². The summed E-state index contributed by atoms with van der Waals surface area (Å²) >= 11 is 0. The molecule has 1 aliphatic carbocycles. The Kier molecular flexibility index (Phi) is 1.62. The average Bonchev–Trinajstić information content (AvgIpc) is 2.66. The largest absolute Gasteiger partial charge is 0.456 e. The van der Waals surface area contributed by atoms with E-state index >= 15 is 0 Å². The van der Waals surface area contributed by atoms with Crippen LogP contribution in [0.5, 0.6) is 0 Å². The molecule has 0 bridgehead atoms. The molecule has 1 aromatic heterocycles. The Morgan fingerprint density at radius 2 is 2.20 bits per heavy atom. The van der Waals surface area contributed by atoms with E-state index in [4.69, 9.17) is 9.47 Å². The van der Waals surface area contributed by atoms with Crippen molar-refractivity contribution in [1.29, 1.82) is 0 Å². The van der Waals surface area contributed by atoms with Crippen molar-refractivity contribution < 1.29 is 9.47 Å². The van der Waals surface area contributed by atoms with Crippen molar-refractivity contribution in [3.63, 3.8) is 0 Å². The Morgan fingerprint density at radius 1 is 1.40 bits per heavy atom. The maximum absolute atomic E-state index is 11.5. The first kappa shape index (κ1) is 8.52. The van der Waals surface area contributed by atoms with E-state index in [1.165, 1.54) is 0 Å². The second kappa shape index (κ2) is 2.85. The molecule has 1 aliphatic heterocycles. The summed E-state index contributed by atoms with van der Waals surface area (Å²) in [6, 6.07) is 0. The van der Waals surface area contributed by atoms with E-state index in [2.05, 4.69) is 10.2 Å². The van der Waals surface area contributed by atoms with Crippen molar-refractivity contribution in [3.05, 3.63) is 40.2 Å².